The van der Waals surface area contributed by atoms with E-state index in [0.717, 1.165) is 29.3 Å². The van der Waals surface area contributed by atoms with Crippen molar-refractivity contribution in [2.24, 2.45) is 7.05 Å². The maximum atomic E-state index is 6.50. The minimum Gasteiger partial charge on any atom is -0.303 e. The molecule has 0 saturated heterocycles. The number of alkyl halides is 1. The first-order valence-corrected chi connectivity index (χ1v) is 8.08. The molecule has 0 bridgehead atoms. The summed E-state index contributed by atoms with van der Waals surface area (Å²) in [5, 5.41) is 8.85. The molecular formula is C16H19Cl2N3. The van der Waals surface area contributed by atoms with Gasteiger partial charge in [0.15, 0.2) is 0 Å². The summed E-state index contributed by atoms with van der Waals surface area (Å²) < 4.78 is 1.86. The Labute approximate surface area is 135 Å². The normalized spacial score (nSPS) is 20.8. The number of nitrogens with one attached hydrogen (secondary N) is 1. The third kappa shape index (κ3) is 2.70. The summed E-state index contributed by atoms with van der Waals surface area (Å²) >= 11 is 12.9. The molecule has 1 aromatic carbocycles. The van der Waals surface area contributed by atoms with Crippen molar-refractivity contribution in [1.82, 2.24) is 15.1 Å². The van der Waals surface area contributed by atoms with Crippen LogP contribution in [0.3, 0.4) is 0 Å². The van der Waals surface area contributed by atoms with Crippen molar-refractivity contribution in [3.63, 3.8) is 0 Å². The second-order valence-corrected chi connectivity index (χ2v) is 6.40. The lowest BCUT2D eigenvalue weighted by Gasteiger charge is -2.17. The van der Waals surface area contributed by atoms with Gasteiger partial charge < -0.3 is 5.32 Å². The topological polar surface area (TPSA) is 29.9 Å². The molecule has 1 heterocycles. The van der Waals surface area contributed by atoms with Gasteiger partial charge in [-0.3, -0.25) is 4.68 Å². The monoisotopic (exact) mass is 323 g/mol. The van der Waals surface area contributed by atoms with E-state index in [2.05, 4.69) is 41.6 Å². The van der Waals surface area contributed by atoms with Gasteiger partial charge in [-0.05, 0) is 24.0 Å². The van der Waals surface area contributed by atoms with Gasteiger partial charge in [0.25, 0.3) is 0 Å². The number of halogens is 2. The van der Waals surface area contributed by atoms with Gasteiger partial charge in [-0.2, -0.15) is 5.10 Å². The highest BCUT2D eigenvalue weighted by Gasteiger charge is 2.30. The molecular weight excluding hydrogens is 305 g/mol. The van der Waals surface area contributed by atoms with Crippen molar-refractivity contribution in [2.75, 3.05) is 0 Å². The Morgan fingerprint density at radius 1 is 1.38 bits per heavy atom. The SMILES string of the molecule is CCc1nn(C)c(CNC2c3ccccc3CC2Cl)c1Cl. The number of aromatic nitrogens is 2. The summed E-state index contributed by atoms with van der Waals surface area (Å²) in [5.41, 5.74) is 4.60. The number of benzene rings is 1. The minimum absolute atomic E-state index is 0.0834. The summed E-state index contributed by atoms with van der Waals surface area (Å²) in [5.74, 6) is 0. The van der Waals surface area contributed by atoms with Gasteiger partial charge in [-0.25, -0.2) is 0 Å². The molecule has 1 aliphatic rings. The second kappa shape index (κ2) is 5.99. The van der Waals surface area contributed by atoms with E-state index < -0.39 is 0 Å². The average Bonchev–Trinajstić information content (AvgIpc) is 2.94. The fraction of sp³-hybridized carbons (Fsp3) is 0.438. The summed E-state index contributed by atoms with van der Waals surface area (Å²) in [6.07, 6.45) is 1.76. The van der Waals surface area contributed by atoms with E-state index in [1.165, 1.54) is 11.1 Å². The van der Waals surface area contributed by atoms with Crippen molar-refractivity contribution < 1.29 is 0 Å². The summed E-state index contributed by atoms with van der Waals surface area (Å²) in [6, 6.07) is 8.60. The smallest absolute Gasteiger partial charge is 0.0863 e. The van der Waals surface area contributed by atoms with Gasteiger partial charge in [0.1, 0.15) is 0 Å². The summed E-state index contributed by atoms with van der Waals surface area (Å²) in [6.45, 7) is 2.73. The Morgan fingerprint density at radius 3 is 2.86 bits per heavy atom. The third-order valence-electron chi connectivity index (χ3n) is 4.16. The number of rotatable bonds is 4. The van der Waals surface area contributed by atoms with Crippen LogP contribution in [0.1, 0.15) is 35.5 Å². The van der Waals surface area contributed by atoms with Crippen molar-refractivity contribution >= 4 is 23.2 Å². The maximum Gasteiger partial charge on any atom is 0.0863 e. The quantitative estimate of drug-likeness (QED) is 0.871. The lowest BCUT2D eigenvalue weighted by Crippen LogP contribution is -2.26. The van der Waals surface area contributed by atoms with Crippen LogP contribution in [-0.4, -0.2) is 15.2 Å². The van der Waals surface area contributed by atoms with E-state index in [-0.39, 0.29) is 11.4 Å². The Hall–Kier alpha value is -1.03. The molecule has 1 N–H and O–H groups in total. The van der Waals surface area contributed by atoms with Crippen LogP contribution in [-0.2, 0) is 26.4 Å². The van der Waals surface area contributed by atoms with Gasteiger partial charge in [0, 0.05) is 19.6 Å². The average molecular weight is 324 g/mol. The molecule has 5 heteroatoms. The Balaban J connectivity index is 1.78. The zero-order valence-corrected chi connectivity index (χ0v) is 13.7. The van der Waals surface area contributed by atoms with Gasteiger partial charge in [-0.15, -0.1) is 11.6 Å². The van der Waals surface area contributed by atoms with Crippen LogP contribution in [0.25, 0.3) is 0 Å². The fourth-order valence-electron chi connectivity index (χ4n) is 3.00. The van der Waals surface area contributed by atoms with Gasteiger partial charge in [0.05, 0.1) is 21.8 Å². The molecule has 21 heavy (non-hydrogen) atoms. The number of aryl methyl sites for hydroxylation is 2. The molecule has 0 saturated carbocycles. The zero-order valence-electron chi connectivity index (χ0n) is 12.2. The predicted molar refractivity (Wildman–Crippen MR) is 87.0 cm³/mol. The van der Waals surface area contributed by atoms with Crippen LogP contribution in [0.2, 0.25) is 5.02 Å². The van der Waals surface area contributed by atoms with Crippen LogP contribution >= 0.6 is 23.2 Å². The maximum absolute atomic E-state index is 6.50. The van der Waals surface area contributed by atoms with Gasteiger partial charge in [-0.1, -0.05) is 42.8 Å². The molecule has 0 spiro atoms. The number of hydrogen-bond acceptors (Lipinski definition) is 2. The number of fused-ring (bicyclic) bond motifs is 1. The van der Waals surface area contributed by atoms with Crippen LogP contribution in [0, 0.1) is 0 Å². The lowest BCUT2D eigenvalue weighted by atomic mass is 10.1. The van der Waals surface area contributed by atoms with E-state index in [1.54, 1.807) is 0 Å². The minimum atomic E-state index is 0.0834. The molecule has 3 rings (SSSR count). The fourth-order valence-corrected chi connectivity index (χ4v) is 3.75. The molecule has 2 unspecified atom stereocenters. The van der Waals surface area contributed by atoms with Crippen molar-refractivity contribution in [2.45, 2.75) is 37.7 Å². The molecule has 0 radical (unpaired) electrons. The Bertz CT molecular complexity index is 651. The molecule has 3 nitrogen and oxygen atoms in total. The zero-order chi connectivity index (χ0) is 15.0. The highest BCUT2D eigenvalue weighted by Crippen LogP contribution is 2.35. The van der Waals surface area contributed by atoms with Crippen molar-refractivity contribution in [3.05, 3.63) is 51.8 Å². The van der Waals surface area contributed by atoms with E-state index in [4.69, 9.17) is 23.2 Å². The van der Waals surface area contributed by atoms with E-state index in [9.17, 15) is 0 Å². The first-order valence-electron chi connectivity index (χ1n) is 7.27. The molecule has 0 amide bonds. The van der Waals surface area contributed by atoms with Crippen LogP contribution in [0.15, 0.2) is 24.3 Å². The van der Waals surface area contributed by atoms with E-state index >= 15 is 0 Å². The molecule has 2 aromatic rings. The summed E-state index contributed by atoms with van der Waals surface area (Å²) in [7, 11) is 1.93. The highest BCUT2D eigenvalue weighted by molar-refractivity contribution is 6.31. The first-order chi connectivity index (χ1) is 10.1. The largest absolute Gasteiger partial charge is 0.303 e. The van der Waals surface area contributed by atoms with E-state index in [1.807, 2.05) is 11.7 Å². The van der Waals surface area contributed by atoms with Gasteiger partial charge >= 0.3 is 0 Å². The second-order valence-electron chi connectivity index (χ2n) is 5.46. The molecule has 112 valence electrons. The summed E-state index contributed by atoms with van der Waals surface area (Å²) in [4.78, 5) is 0. The number of hydrogen-bond donors (Lipinski definition) is 1. The van der Waals surface area contributed by atoms with Crippen molar-refractivity contribution in [3.8, 4) is 0 Å². The number of nitrogens with zero attached hydrogens (tertiary/aromatic N) is 2. The van der Waals surface area contributed by atoms with Gasteiger partial charge in [0.2, 0.25) is 0 Å². The lowest BCUT2D eigenvalue weighted by molar-refractivity contribution is 0.517. The predicted octanol–water partition coefficient (Wildman–Crippen LogP) is 3.63. The molecule has 2 atom stereocenters. The third-order valence-corrected chi connectivity index (χ3v) is 5.00. The first kappa shape index (κ1) is 14.9. The van der Waals surface area contributed by atoms with Crippen LogP contribution < -0.4 is 5.32 Å². The standard InChI is InChI=1S/C16H19Cl2N3/c1-3-13-15(18)14(21(2)20-13)9-19-16-11-7-5-4-6-10(11)8-12(16)17/h4-7,12,16,19H,3,8-9H2,1-2H3. The van der Waals surface area contributed by atoms with Crippen LogP contribution in [0.5, 0.6) is 0 Å². The molecule has 1 aromatic heterocycles. The molecule has 0 fully saturated rings. The highest BCUT2D eigenvalue weighted by atomic mass is 35.5. The molecule has 1 aliphatic carbocycles. The Morgan fingerprint density at radius 2 is 2.14 bits per heavy atom. The van der Waals surface area contributed by atoms with Crippen molar-refractivity contribution in [1.29, 1.82) is 0 Å². The molecule has 0 aliphatic heterocycles. The van der Waals surface area contributed by atoms with Crippen LogP contribution in [0.4, 0.5) is 0 Å². The van der Waals surface area contributed by atoms with E-state index in [0.29, 0.717) is 6.54 Å². The Kier molecular flexibility index (Phi) is 4.25.